The van der Waals surface area contributed by atoms with Gasteiger partial charge in [0.2, 0.25) is 11.8 Å². The van der Waals surface area contributed by atoms with Crippen LogP contribution in [0.2, 0.25) is 0 Å². The minimum Gasteiger partial charge on any atom is -0.351 e. The summed E-state index contributed by atoms with van der Waals surface area (Å²) < 4.78 is 0. The number of benzene rings is 2. The van der Waals surface area contributed by atoms with Crippen molar-refractivity contribution in [3.8, 4) is 0 Å². The van der Waals surface area contributed by atoms with Gasteiger partial charge in [-0.1, -0.05) is 66.7 Å². The SMILES string of the molecule is Cc1[nH]cnc1/C=C/CNC(=O)C1CCCN1C(=O)[C@H](N)C(c1ccccc1)c1ccccc1. The highest BCUT2D eigenvalue weighted by molar-refractivity contribution is 5.91. The highest BCUT2D eigenvalue weighted by atomic mass is 16.2. The minimum absolute atomic E-state index is 0.155. The first-order valence-corrected chi connectivity index (χ1v) is 11.7. The third-order valence-electron chi connectivity index (χ3n) is 6.34. The van der Waals surface area contributed by atoms with Gasteiger partial charge in [0.25, 0.3) is 0 Å². The van der Waals surface area contributed by atoms with Crippen molar-refractivity contribution in [1.29, 1.82) is 0 Å². The number of aromatic amines is 1. The van der Waals surface area contributed by atoms with Gasteiger partial charge in [0.15, 0.2) is 0 Å². The number of rotatable bonds is 8. The van der Waals surface area contributed by atoms with Crippen LogP contribution in [-0.4, -0.2) is 51.9 Å². The lowest BCUT2D eigenvalue weighted by Gasteiger charge is -2.31. The number of nitrogens with zero attached hydrogens (tertiary/aromatic N) is 2. The topological polar surface area (TPSA) is 104 Å². The number of aryl methyl sites for hydroxylation is 1. The molecule has 4 N–H and O–H groups in total. The lowest BCUT2D eigenvalue weighted by Crippen LogP contribution is -2.53. The number of hydrogen-bond donors (Lipinski definition) is 3. The fraction of sp³-hybridized carbons (Fsp3) is 0.296. The predicted octanol–water partition coefficient (Wildman–Crippen LogP) is 3.00. The molecule has 1 unspecified atom stereocenters. The molecule has 1 saturated heterocycles. The van der Waals surface area contributed by atoms with E-state index in [-0.39, 0.29) is 17.7 Å². The Morgan fingerprint density at radius 3 is 2.38 bits per heavy atom. The maximum atomic E-state index is 13.6. The van der Waals surface area contributed by atoms with Crippen molar-refractivity contribution in [1.82, 2.24) is 20.2 Å². The Morgan fingerprint density at radius 2 is 1.79 bits per heavy atom. The lowest BCUT2D eigenvalue weighted by atomic mass is 9.84. The second kappa shape index (κ2) is 10.9. The average Bonchev–Trinajstić information content (AvgIpc) is 3.52. The van der Waals surface area contributed by atoms with E-state index in [4.69, 9.17) is 5.73 Å². The van der Waals surface area contributed by atoms with E-state index >= 15 is 0 Å². The van der Waals surface area contributed by atoms with Gasteiger partial charge in [-0.25, -0.2) is 4.98 Å². The fourth-order valence-electron chi connectivity index (χ4n) is 4.55. The van der Waals surface area contributed by atoms with E-state index < -0.39 is 12.1 Å². The normalized spacial score (nSPS) is 16.8. The van der Waals surface area contributed by atoms with Gasteiger partial charge < -0.3 is 20.9 Å². The van der Waals surface area contributed by atoms with Crippen LogP contribution >= 0.6 is 0 Å². The molecule has 0 saturated carbocycles. The number of imidazole rings is 1. The largest absolute Gasteiger partial charge is 0.351 e. The maximum Gasteiger partial charge on any atom is 0.243 e. The first-order valence-electron chi connectivity index (χ1n) is 11.7. The molecule has 0 radical (unpaired) electrons. The molecule has 2 amide bonds. The van der Waals surface area contributed by atoms with E-state index in [0.29, 0.717) is 19.5 Å². The first kappa shape index (κ1) is 23.4. The summed E-state index contributed by atoms with van der Waals surface area (Å²) in [7, 11) is 0. The van der Waals surface area contributed by atoms with Crippen molar-refractivity contribution in [2.75, 3.05) is 13.1 Å². The number of hydrogen-bond acceptors (Lipinski definition) is 4. The molecule has 3 aromatic rings. The van der Waals surface area contributed by atoms with Crippen LogP contribution < -0.4 is 11.1 Å². The summed E-state index contributed by atoms with van der Waals surface area (Å²) in [6.45, 7) is 2.84. The van der Waals surface area contributed by atoms with Crippen LogP contribution in [0.4, 0.5) is 0 Å². The van der Waals surface area contributed by atoms with Crippen LogP contribution in [0, 0.1) is 6.92 Å². The van der Waals surface area contributed by atoms with Gasteiger partial charge in [-0.3, -0.25) is 9.59 Å². The molecular formula is C27H31N5O2. The molecule has 0 spiro atoms. The lowest BCUT2D eigenvalue weighted by molar-refractivity contribution is -0.139. The number of aromatic nitrogens is 2. The fourth-order valence-corrected chi connectivity index (χ4v) is 4.55. The molecule has 0 bridgehead atoms. The summed E-state index contributed by atoms with van der Waals surface area (Å²) in [5.74, 6) is -0.644. The maximum absolute atomic E-state index is 13.6. The van der Waals surface area contributed by atoms with Gasteiger partial charge in [-0.05, 0) is 37.0 Å². The zero-order valence-electron chi connectivity index (χ0n) is 19.4. The second-order valence-corrected chi connectivity index (χ2v) is 8.57. The van der Waals surface area contributed by atoms with Crippen molar-refractivity contribution in [3.05, 3.63) is 95.6 Å². The molecule has 1 aliphatic heterocycles. The van der Waals surface area contributed by atoms with Crippen LogP contribution in [0.5, 0.6) is 0 Å². The number of H-pyrrole nitrogens is 1. The summed E-state index contributed by atoms with van der Waals surface area (Å²) in [6, 6.07) is 18.4. The molecular weight excluding hydrogens is 426 g/mol. The van der Waals surface area contributed by atoms with Crippen molar-refractivity contribution in [2.45, 2.75) is 37.8 Å². The zero-order valence-corrected chi connectivity index (χ0v) is 19.4. The molecule has 2 aromatic carbocycles. The molecule has 1 aromatic heterocycles. The van der Waals surface area contributed by atoms with E-state index in [1.807, 2.05) is 79.7 Å². The van der Waals surface area contributed by atoms with Gasteiger partial charge in [0.05, 0.1) is 18.1 Å². The van der Waals surface area contributed by atoms with Crippen LogP contribution in [0.1, 0.15) is 41.3 Å². The molecule has 7 nitrogen and oxygen atoms in total. The summed E-state index contributed by atoms with van der Waals surface area (Å²) in [4.78, 5) is 35.4. The third-order valence-corrected chi connectivity index (χ3v) is 6.34. The van der Waals surface area contributed by atoms with Crippen molar-refractivity contribution in [2.24, 2.45) is 5.73 Å². The molecule has 0 aliphatic carbocycles. The molecule has 176 valence electrons. The van der Waals surface area contributed by atoms with Crippen LogP contribution in [-0.2, 0) is 9.59 Å². The molecule has 2 heterocycles. The number of carbonyl (C=O) groups excluding carboxylic acids is 2. The highest BCUT2D eigenvalue weighted by Gasteiger charge is 2.39. The Hall–Kier alpha value is -3.71. The number of nitrogens with one attached hydrogen (secondary N) is 2. The van der Waals surface area contributed by atoms with E-state index in [1.54, 1.807) is 11.2 Å². The van der Waals surface area contributed by atoms with Gasteiger partial charge in [0.1, 0.15) is 6.04 Å². The summed E-state index contributed by atoms with van der Waals surface area (Å²) >= 11 is 0. The number of carbonyl (C=O) groups is 2. The second-order valence-electron chi connectivity index (χ2n) is 8.57. The van der Waals surface area contributed by atoms with Crippen molar-refractivity contribution < 1.29 is 9.59 Å². The van der Waals surface area contributed by atoms with E-state index in [2.05, 4.69) is 15.3 Å². The first-order chi connectivity index (χ1) is 16.6. The van der Waals surface area contributed by atoms with Crippen LogP contribution in [0.15, 0.2) is 73.1 Å². The summed E-state index contributed by atoms with van der Waals surface area (Å²) in [5, 5.41) is 2.92. The third kappa shape index (κ3) is 5.26. The van der Waals surface area contributed by atoms with Gasteiger partial charge in [-0.15, -0.1) is 0 Å². The smallest absolute Gasteiger partial charge is 0.243 e. The highest BCUT2D eigenvalue weighted by Crippen LogP contribution is 2.29. The molecule has 4 rings (SSSR count). The van der Waals surface area contributed by atoms with E-state index in [1.165, 1.54) is 0 Å². The predicted molar refractivity (Wildman–Crippen MR) is 133 cm³/mol. The van der Waals surface area contributed by atoms with Crippen LogP contribution in [0.3, 0.4) is 0 Å². The van der Waals surface area contributed by atoms with E-state index in [0.717, 1.165) is 28.9 Å². The molecule has 2 atom stereocenters. The Kier molecular flexibility index (Phi) is 7.54. The van der Waals surface area contributed by atoms with Crippen molar-refractivity contribution in [3.63, 3.8) is 0 Å². The molecule has 7 heteroatoms. The van der Waals surface area contributed by atoms with Gasteiger partial charge >= 0.3 is 0 Å². The number of nitrogens with two attached hydrogens (primary N) is 1. The Morgan fingerprint density at radius 1 is 1.15 bits per heavy atom. The molecule has 34 heavy (non-hydrogen) atoms. The van der Waals surface area contributed by atoms with Gasteiger partial charge in [-0.2, -0.15) is 0 Å². The Balaban J connectivity index is 1.45. The summed E-state index contributed by atoms with van der Waals surface area (Å²) in [6.07, 6.45) is 6.77. The molecule has 1 aliphatic rings. The van der Waals surface area contributed by atoms with Crippen LogP contribution in [0.25, 0.3) is 6.08 Å². The molecule has 1 fully saturated rings. The number of amides is 2. The quantitative estimate of drug-likeness (QED) is 0.484. The monoisotopic (exact) mass is 457 g/mol. The van der Waals surface area contributed by atoms with Gasteiger partial charge in [0, 0.05) is 24.7 Å². The zero-order chi connectivity index (χ0) is 23.9. The Bertz CT molecular complexity index is 1090. The minimum atomic E-state index is -0.791. The average molecular weight is 458 g/mol. The summed E-state index contributed by atoms with van der Waals surface area (Å²) in [5.41, 5.74) is 10.4. The van der Waals surface area contributed by atoms with Crippen molar-refractivity contribution >= 4 is 17.9 Å². The Labute approximate surface area is 200 Å². The number of likely N-dealkylation sites (tertiary alicyclic amines) is 1. The standard InChI is InChI=1S/C27H31N5O2/c1-19-22(31-18-30-19)14-8-16-29-26(33)23-15-9-17-32(23)27(34)25(28)24(20-10-4-2-5-11-20)21-12-6-3-7-13-21/h2-8,10-14,18,23-25H,9,15-17,28H2,1H3,(H,29,33)(H,30,31)/b14-8+/t23?,25-/m1/s1. The van der Waals surface area contributed by atoms with E-state index in [9.17, 15) is 9.59 Å².